The summed E-state index contributed by atoms with van der Waals surface area (Å²) in [6.45, 7) is 7.01. The molecule has 3 unspecified atom stereocenters. The maximum absolute atomic E-state index is 12.3. The van der Waals surface area contributed by atoms with Crippen molar-refractivity contribution >= 4 is 73.9 Å². The molecule has 0 aliphatic carbocycles. The third-order valence-corrected chi connectivity index (χ3v) is 15.7. The molecule has 34 heavy (non-hydrogen) atoms. The Hall–Kier alpha value is 1.62. The van der Waals surface area contributed by atoms with Crippen LogP contribution in [0.4, 0.5) is 0 Å². The van der Waals surface area contributed by atoms with Gasteiger partial charge < -0.3 is 4.74 Å². The average molecular weight is 656 g/mol. The third-order valence-electron chi connectivity index (χ3n) is 2.98. The van der Waals surface area contributed by atoms with Crippen LogP contribution in [0, 0.1) is 0 Å². The van der Waals surface area contributed by atoms with Crippen molar-refractivity contribution in [3.8, 4) is 0 Å². The molecular weight excluding hydrogens is 633 g/mol. The number of alkyl halides is 3. The molecule has 5 saturated heterocycles. The zero-order chi connectivity index (χ0) is 25.8. The predicted molar refractivity (Wildman–Crippen MR) is 119 cm³/mol. The lowest BCUT2D eigenvalue weighted by molar-refractivity contribution is 0.0581. The molecule has 5 aliphatic heterocycles. The van der Waals surface area contributed by atoms with Gasteiger partial charge in [-0.25, -0.2) is 22.8 Å². The summed E-state index contributed by atoms with van der Waals surface area (Å²) in [6, 6.07) is 0. The maximum Gasteiger partial charge on any atom is 0.501 e. The van der Waals surface area contributed by atoms with Crippen molar-refractivity contribution in [2.45, 2.75) is 39.1 Å². The summed E-state index contributed by atoms with van der Waals surface area (Å²) in [6.07, 6.45) is -1.35. The van der Waals surface area contributed by atoms with Crippen molar-refractivity contribution in [3.63, 3.8) is 0 Å². The highest BCUT2D eigenvalue weighted by molar-refractivity contribution is 7.88. The van der Waals surface area contributed by atoms with E-state index in [0.717, 1.165) is 13.2 Å². The van der Waals surface area contributed by atoms with Crippen molar-refractivity contribution in [2.24, 2.45) is 0 Å². The molecule has 4 bridgehead atoms. The maximum atomic E-state index is 12.3. The summed E-state index contributed by atoms with van der Waals surface area (Å²) in [7, 11) is -21.4. The fourth-order valence-electron chi connectivity index (χ4n) is 1.73. The fraction of sp³-hybridized carbons (Fsp3) is 1.00. The summed E-state index contributed by atoms with van der Waals surface area (Å²) in [5, 5.41) is 0. The van der Waals surface area contributed by atoms with Gasteiger partial charge in [-0.05, 0) is 20.8 Å². The number of epoxide rings is 1. The van der Waals surface area contributed by atoms with Crippen LogP contribution in [0.15, 0.2) is 0 Å². The number of phosphoric ester groups is 1. The predicted octanol–water partition coefficient (Wildman–Crippen LogP) is 6.60. The zero-order valence-corrected chi connectivity index (χ0v) is 24.5. The highest BCUT2D eigenvalue weighted by atomic mass is 35.5. The van der Waals surface area contributed by atoms with Gasteiger partial charge in [-0.2, -0.15) is 25.9 Å². The Morgan fingerprint density at radius 2 is 0.853 bits per heavy atom. The first-order valence-electron chi connectivity index (χ1n) is 9.19. The molecule has 0 N–H and O–H groups in total. The van der Waals surface area contributed by atoms with Crippen molar-refractivity contribution < 1.29 is 67.0 Å². The Morgan fingerprint density at radius 3 is 1.00 bits per heavy atom. The molecular formula is C11H22Cl3O15P5. The van der Waals surface area contributed by atoms with E-state index in [-0.39, 0.29) is 17.6 Å². The number of halogens is 3. The van der Waals surface area contributed by atoms with E-state index < -0.39 is 57.4 Å². The lowest BCUT2D eigenvalue weighted by atomic mass is 10.5. The minimum absolute atomic E-state index is 0.182. The quantitative estimate of drug-likeness (QED) is 0.147. The minimum Gasteiger partial charge on any atom is -0.377 e. The zero-order valence-electron chi connectivity index (χ0n) is 17.8. The molecule has 0 radical (unpaired) electrons. The van der Waals surface area contributed by atoms with Gasteiger partial charge in [-0.15, -0.1) is 34.8 Å². The third kappa shape index (κ3) is 10.1. The van der Waals surface area contributed by atoms with E-state index in [0.29, 0.717) is 0 Å². The summed E-state index contributed by atoms with van der Waals surface area (Å²) in [5.41, 5.74) is 0. The van der Waals surface area contributed by atoms with E-state index in [1.165, 1.54) is 0 Å². The van der Waals surface area contributed by atoms with Gasteiger partial charge in [0, 0.05) is 17.6 Å². The van der Waals surface area contributed by atoms with Crippen LogP contribution >= 0.6 is 73.9 Å². The van der Waals surface area contributed by atoms with Crippen molar-refractivity contribution in [3.05, 3.63) is 0 Å². The molecule has 0 aromatic carbocycles. The van der Waals surface area contributed by atoms with Crippen LogP contribution in [-0.4, -0.2) is 49.2 Å². The second kappa shape index (κ2) is 12.6. The normalized spacial score (nSPS) is 39.5. The van der Waals surface area contributed by atoms with Crippen LogP contribution in [0.3, 0.4) is 0 Å². The lowest BCUT2D eigenvalue weighted by Crippen LogP contribution is -2.20. The molecule has 0 spiro atoms. The van der Waals surface area contributed by atoms with Crippen LogP contribution in [0.2, 0.25) is 0 Å². The Balaban J connectivity index is 0.000000214. The molecule has 5 heterocycles. The van der Waals surface area contributed by atoms with Crippen LogP contribution in [0.5, 0.6) is 0 Å². The Bertz CT molecular complexity index is 754. The van der Waals surface area contributed by atoms with Crippen LogP contribution in [0.25, 0.3) is 0 Å². The van der Waals surface area contributed by atoms with Crippen molar-refractivity contribution in [2.75, 3.05) is 30.9 Å². The summed E-state index contributed by atoms with van der Waals surface area (Å²) in [4.78, 5) is 0. The highest BCUT2D eigenvalue weighted by Crippen LogP contribution is 2.99. The molecule has 202 valence electrons. The van der Waals surface area contributed by atoms with Gasteiger partial charge in [0.25, 0.3) is 0 Å². The monoisotopic (exact) mass is 654 g/mol. The summed E-state index contributed by atoms with van der Waals surface area (Å²) < 4.78 is 102. The average Bonchev–Trinajstić information content (AvgIpc) is 3.52. The molecule has 5 rings (SSSR count). The second-order valence-corrected chi connectivity index (χ2v) is 16.5. The summed E-state index contributed by atoms with van der Waals surface area (Å²) in [5.74, 6) is 0.545. The van der Waals surface area contributed by atoms with Gasteiger partial charge in [0.2, 0.25) is 0 Å². The van der Waals surface area contributed by atoms with Crippen LogP contribution < -0.4 is 0 Å². The second-order valence-electron chi connectivity index (χ2n) is 6.55. The first kappa shape index (κ1) is 31.8. The van der Waals surface area contributed by atoms with E-state index in [9.17, 15) is 22.8 Å². The molecule has 15 nitrogen and oxygen atoms in total. The number of hydrogen-bond acceptors (Lipinski definition) is 15. The summed E-state index contributed by atoms with van der Waals surface area (Å²) >= 11 is 16.8. The van der Waals surface area contributed by atoms with E-state index >= 15 is 0 Å². The van der Waals surface area contributed by atoms with Gasteiger partial charge in [-0.3, -0.25) is 13.6 Å². The van der Waals surface area contributed by atoms with E-state index in [2.05, 4.69) is 30.6 Å². The van der Waals surface area contributed by atoms with Gasteiger partial charge in [0.1, 0.15) is 0 Å². The van der Waals surface area contributed by atoms with Gasteiger partial charge in [0.05, 0.1) is 31.5 Å². The van der Waals surface area contributed by atoms with Gasteiger partial charge >= 0.3 is 39.1 Å². The molecule has 0 saturated carbocycles. The van der Waals surface area contributed by atoms with Crippen molar-refractivity contribution in [1.29, 1.82) is 0 Å². The number of phosphoric acid groups is 5. The highest BCUT2D eigenvalue weighted by Gasteiger charge is 2.74. The Kier molecular flexibility index (Phi) is 11.8. The minimum atomic E-state index is -4.43. The largest absolute Gasteiger partial charge is 0.501 e. The first-order valence-corrected chi connectivity index (χ1v) is 18.1. The Labute approximate surface area is 210 Å². The first-order chi connectivity index (χ1) is 15.6. The van der Waals surface area contributed by atoms with E-state index in [1.807, 2.05) is 0 Å². The molecule has 5 aliphatic rings. The molecule has 23 heteroatoms. The van der Waals surface area contributed by atoms with Gasteiger partial charge in [-0.1, -0.05) is 0 Å². The number of rotatable bonds is 9. The Morgan fingerprint density at radius 1 is 0.647 bits per heavy atom. The SMILES string of the molecule is C1CO1.CC(CCl)OP(=O)(OC(C)CCl)OC(C)CCl.O=P12OP3(=O)OP(=O)(O1)OP(=O)(O2)O3. The standard InChI is InChI=1S/C9H18Cl3O4P.C2H4O.O10P4/c1-7(4-10)14-17(13,15-8(2)5-11)16-9(3)6-12;1-2-3-1;1-11-5-12(2)8-13(3,6-11)10-14(4,7-11)9-12/h7-9H,4-6H2,1-3H3;1-2H2;. The molecule has 5 fully saturated rings. The molecule has 0 amide bonds. The smallest absolute Gasteiger partial charge is 0.377 e. The topological polar surface area (TPSA) is 181 Å². The fourth-order valence-corrected chi connectivity index (χ4v) is 14.4. The molecule has 0 aromatic heterocycles. The van der Waals surface area contributed by atoms with E-state index in [1.54, 1.807) is 20.8 Å². The van der Waals surface area contributed by atoms with Crippen molar-refractivity contribution in [1.82, 2.24) is 0 Å². The van der Waals surface area contributed by atoms with Crippen LogP contribution in [-0.2, 0) is 67.0 Å². The van der Waals surface area contributed by atoms with Gasteiger partial charge in [0.15, 0.2) is 0 Å². The van der Waals surface area contributed by atoms with E-state index in [4.69, 9.17) is 48.4 Å². The number of ether oxygens (including phenoxy) is 1. The molecule has 0 aromatic rings. The lowest BCUT2D eigenvalue weighted by Gasteiger charge is -2.41. The number of hydrogen-bond donors (Lipinski definition) is 0. The van der Waals surface area contributed by atoms with Crippen LogP contribution in [0.1, 0.15) is 20.8 Å². The molecule has 3 atom stereocenters.